The molecule has 0 aromatic heterocycles. The number of nitrogens with zero attached hydrogens (tertiary/aromatic N) is 1. The van der Waals surface area contributed by atoms with Crippen LogP contribution < -0.4 is 4.67 Å². The van der Waals surface area contributed by atoms with Gasteiger partial charge < -0.3 is 18.9 Å². The lowest BCUT2D eigenvalue weighted by Gasteiger charge is -2.33. The van der Waals surface area contributed by atoms with Crippen LogP contribution in [0.4, 0.5) is 0 Å². The Morgan fingerprint density at radius 1 is 0.308 bits per heavy atom. The number of unbranched alkanes of at least 4 members (excludes halogenated alkanes) is 42. The van der Waals surface area contributed by atoms with Crippen LogP contribution in [-0.4, -0.2) is 57.9 Å². The molecule has 0 unspecified atom stereocenters. The van der Waals surface area contributed by atoms with Crippen LogP contribution in [0.5, 0.6) is 0 Å². The molecular weight excluding hydrogens is 799 g/mol. The van der Waals surface area contributed by atoms with E-state index in [1.807, 2.05) is 0 Å². The molecule has 0 saturated carbocycles. The highest BCUT2D eigenvalue weighted by Crippen LogP contribution is 2.20. The molecule has 0 fully saturated rings. The Hall–Kier alpha value is -0.870. The molecule has 0 heterocycles. The van der Waals surface area contributed by atoms with Crippen molar-refractivity contribution in [2.45, 2.75) is 335 Å². The van der Waals surface area contributed by atoms with E-state index in [2.05, 4.69) is 39.1 Å². The van der Waals surface area contributed by atoms with Crippen LogP contribution in [0, 0.1) is 0 Å². The van der Waals surface area contributed by atoms with Crippen molar-refractivity contribution in [1.29, 1.82) is 0 Å². The average molecular weight is 920 g/mol. The Morgan fingerprint density at radius 2 is 0.554 bits per heavy atom. The van der Waals surface area contributed by atoms with Crippen molar-refractivity contribution < 1.29 is 18.9 Å². The molecule has 0 rings (SSSR count). The van der Waals surface area contributed by atoms with Gasteiger partial charge in [-0.15, -0.1) is 0 Å². The molecule has 0 bridgehead atoms. The molecule has 0 aliphatic rings. The summed E-state index contributed by atoms with van der Waals surface area (Å²) in [5.41, 5.74) is -0.637. The summed E-state index contributed by atoms with van der Waals surface area (Å²) in [6, 6.07) is 0. The topological polar surface area (TPSA) is 51.0 Å². The van der Waals surface area contributed by atoms with Crippen molar-refractivity contribution in [3.8, 4) is 0 Å². The van der Waals surface area contributed by atoms with Gasteiger partial charge in [0.1, 0.15) is 12.2 Å². The van der Waals surface area contributed by atoms with E-state index in [9.17, 15) is 0 Å². The van der Waals surface area contributed by atoms with E-state index in [4.69, 9.17) is 18.9 Å². The molecule has 0 aliphatic carbocycles. The van der Waals surface area contributed by atoms with Gasteiger partial charge in [-0.05, 0) is 25.7 Å². The number of hydrogen-bond acceptors (Lipinski definition) is 4. The predicted octanol–water partition coefficient (Wildman–Crippen LogP) is 19.4. The van der Waals surface area contributed by atoms with E-state index in [-0.39, 0.29) is 0 Å². The monoisotopic (exact) mass is 919 g/mol. The van der Waals surface area contributed by atoms with Gasteiger partial charge in [-0.1, -0.05) is 302 Å². The van der Waals surface area contributed by atoms with Gasteiger partial charge in [0.25, 0.3) is 6.72 Å². The molecule has 0 radical (unpaired) electrons. The Bertz CT molecular complexity index is 898. The highest BCUT2D eigenvalue weighted by atomic mass is 16.6. The normalized spacial score (nSPS) is 11.8. The molecule has 65 heavy (non-hydrogen) atoms. The second-order valence-corrected chi connectivity index (χ2v) is 20.6. The quantitative estimate of drug-likeness (QED) is 0.0264. The molecular formula is C60H120NO4+. The van der Waals surface area contributed by atoms with E-state index < -0.39 is 5.60 Å². The van der Waals surface area contributed by atoms with E-state index in [0.29, 0.717) is 19.8 Å². The number of rotatable bonds is 57. The lowest BCUT2D eigenvalue weighted by Crippen LogP contribution is -2.48. The van der Waals surface area contributed by atoms with Crippen LogP contribution in [-0.2, 0) is 18.9 Å². The maximum Gasteiger partial charge on any atom is 0.460 e. The van der Waals surface area contributed by atoms with Crippen LogP contribution in [0.2, 0.25) is 0 Å². The summed E-state index contributed by atoms with van der Waals surface area (Å²) >= 11 is 0. The zero-order valence-corrected chi connectivity index (χ0v) is 45.3. The van der Waals surface area contributed by atoms with Gasteiger partial charge in [0.05, 0.1) is 19.6 Å². The van der Waals surface area contributed by atoms with E-state index in [1.165, 1.54) is 270 Å². The van der Waals surface area contributed by atoms with Crippen molar-refractivity contribution in [3.63, 3.8) is 0 Å². The third-order valence-electron chi connectivity index (χ3n) is 13.8. The molecule has 0 aromatic rings. The third-order valence-corrected chi connectivity index (χ3v) is 13.8. The molecule has 388 valence electrons. The summed E-state index contributed by atoms with van der Waals surface area (Å²) in [7, 11) is 0. The average Bonchev–Trinajstić information content (AvgIpc) is 3.32. The SMILES string of the molecule is C=[N+]=C(CCCCCC)OCC(COCCCCCCCCCCCCCCCC)(COCCCCCCCCCCCCCCCC)OCCCCCCCCCCCCCCCC. The number of ether oxygens (including phenoxy) is 4. The first-order chi connectivity index (χ1) is 32.2. The van der Waals surface area contributed by atoms with Gasteiger partial charge in [-0.25, -0.2) is 0 Å². The van der Waals surface area contributed by atoms with Gasteiger partial charge in [-0.2, -0.15) is 0 Å². The summed E-state index contributed by atoms with van der Waals surface area (Å²) in [4.78, 5) is 0. The van der Waals surface area contributed by atoms with Gasteiger partial charge in [0.15, 0.2) is 0 Å². The first-order valence-corrected chi connectivity index (χ1v) is 29.9. The first kappa shape index (κ1) is 64.1. The fourth-order valence-corrected chi connectivity index (χ4v) is 9.26. The van der Waals surface area contributed by atoms with Gasteiger partial charge in [0, 0.05) is 19.8 Å². The molecule has 0 aliphatic heterocycles. The minimum atomic E-state index is -0.637. The predicted molar refractivity (Wildman–Crippen MR) is 290 cm³/mol. The zero-order chi connectivity index (χ0) is 47.1. The first-order valence-electron chi connectivity index (χ1n) is 29.9. The Balaban J connectivity index is 4.97. The van der Waals surface area contributed by atoms with Gasteiger partial charge in [0.2, 0.25) is 0 Å². The minimum absolute atomic E-state index is 0.408. The van der Waals surface area contributed by atoms with Crippen molar-refractivity contribution >= 4 is 12.6 Å². The summed E-state index contributed by atoms with van der Waals surface area (Å²) in [6.45, 7) is 16.7. The van der Waals surface area contributed by atoms with Crippen LogP contribution in [0.25, 0.3) is 0 Å². The van der Waals surface area contributed by atoms with Crippen LogP contribution in [0.15, 0.2) is 0 Å². The largest absolute Gasteiger partial charge is 0.460 e. The highest BCUT2D eigenvalue weighted by Gasteiger charge is 2.35. The highest BCUT2D eigenvalue weighted by molar-refractivity contribution is 5.76. The molecule has 0 spiro atoms. The maximum atomic E-state index is 6.87. The molecule has 0 amide bonds. The van der Waals surface area contributed by atoms with Crippen molar-refractivity contribution in [1.82, 2.24) is 4.67 Å². The Labute approximate surface area is 409 Å². The van der Waals surface area contributed by atoms with Crippen LogP contribution >= 0.6 is 0 Å². The fourth-order valence-electron chi connectivity index (χ4n) is 9.26. The molecule has 0 saturated heterocycles. The second kappa shape index (κ2) is 55.7. The molecule has 5 nitrogen and oxygen atoms in total. The zero-order valence-electron chi connectivity index (χ0n) is 45.3. The smallest absolute Gasteiger partial charge is 0.432 e. The van der Waals surface area contributed by atoms with Gasteiger partial charge in [-0.3, -0.25) is 0 Å². The molecule has 0 atom stereocenters. The Morgan fingerprint density at radius 3 is 0.831 bits per heavy atom. The standard InChI is InChI=1S/C60H120NO4/c1-6-10-14-18-21-24-27-30-33-36-39-42-45-49-53-62-56-60(58-64-59(61-5)52-48-17-13-9-4,65-55-51-47-44-41-38-35-32-29-26-23-20-16-12-8-3)57-63-54-50-46-43-40-37-34-31-28-25-22-19-15-11-7-2/h5-58H2,1-4H3/q+1. The van der Waals surface area contributed by atoms with Crippen molar-refractivity contribution in [3.05, 3.63) is 0 Å². The maximum absolute atomic E-state index is 6.87. The van der Waals surface area contributed by atoms with E-state index in [1.54, 1.807) is 0 Å². The third kappa shape index (κ3) is 49.4. The molecule has 0 aromatic carbocycles. The van der Waals surface area contributed by atoms with Gasteiger partial charge >= 0.3 is 5.90 Å². The molecule has 0 N–H and O–H groups in total. The van der Waals surface area contributed by atoms with Crippen LogP contribution in [0.3, 0.4) is 0 Å². The van der Waals surface area contributed by atoms with Crippen molar-refractivity contribution in [2.24, 2.45) is 0 Å². The summed E-state index contributed by atoms with van der Waals surface area (Å²) < 4.78 is 30.7. The second-order valence-electron chi connectivity index (χ2n) is 20.6. The minimum Gasteiger partial charge on any atom is -0.432 e. The fraction of sp³-hybridized carbons (Fsp3) is 0.967. The van der Waals surface area contributed by atoms with E-state index >= 15 is 0 Å². The summed E-state index contributed by atoms with van der Waals surface area (Å²) in [5.74, 6) is 0.740. The van der Waals surface area contributed by atoms with E-state index in [0.717, 1.165) is 57.8 Å². The Kier molecular flexibility index (Phi) is 55.0. The van der Waals surface area contributed by atoms with Crippen molar-refractivity contribution in [2.75, 3.05) is 39.6 Å². The van der Waals surface area contributed by atoms with Crippen LogP contribution in [0.1, 0.15) is 329 Å². The molecule has 5 heteroatoms. The lowest BCUT2D eigenvalue weighted by atomic mass is 10.0. The summed E-state index contributed by atoms with van der Waals surface area (Å²) in [6.07, 6.45) is 62.9. The summed E-state index contributed by atoms with van der Waals surface area (Å²) in [5, 5.41) is 0. The number of hydrogen-bond donors (Lipinski definition) is 0. The lowest BCUT2D eigenvalue weighted by molar-refractivity contribution is -0.155.